The highest BCUT2D eigenvalue weighted by Crippen LogP contribution is 2.34. The van der Waals surface area contributed by atoms with Crippen LogP contribution in [0.4, 0.5) is 18.9 Å². The van der Waals surface area contributed by atoms with Crippen molar-refractivity contribution in [2.75, 3.05) is 11.9 Å². The lowest BCUT2D eigenvalue weighted by molar-refractivity contribution is -0.163. The molecule has 0 spiro atoms. The van der Waals surface area contributed by atoms with E-state index in [0.29, 0.717) is 23.6 Å². The summed E-state index contributed by atoms with van der Waals surface area (Å²) in [4.78, 5) is 0. The van der Waals surface area contributed by atoms with Gasteiger partial charge in [-0.25, -0.2) is 0 Å². The normalized spacial score (nSPS) is 23.2. The molecule has 0 aromatic heterocycles. The van der Waals surface area contributed by atoms with Crippen molar-refractivity contribution in [1.82, 2.24) is 0 Å². The number of aliphatic hydroxyl groups excluding tert-OH is 1. The highest BCUT2D eigenvalue weighted by Gasteiger charge is 2.46. The van der Waals surface area contributed by atoms with Gasteiger partial charge in [0, 0.05) is 12.1 Å². The van der Waals surface area contributed by atoms with Gasteiger partial charge in [0.1, 0.15) is 11.8 Å². The van der Waals surface area contributed by atoms with Gasteiger partial charge in [-0.1, -0.05) is 0 Å². The van der Waals surface area contributed by atoms with Crippen LogP contribution in [0.3, 0.4) is 0 Å². The maximum atomic E-state index is 12.6. The lowest BCUT2D eigenvalue weighted by Gasteiger charge is -2.33. The zero-order chi connectivity index (χ0) is 13.3. The standard InChI is InChI=1S/C12H14F3NO2/c1-2-18-8-3-4-9-7(5-8)6-10(17)11(16-9)12(13,14)15/h3-5,10-11,16-17H,2,6H2,1H3. The van der Waals surface area contributed by atoms with E-state index < -0.39 is 18.3 Å². The van der Waals surface area contributed by atoms with E-state index in [1.165, 1.54) is 0 Å². The summed E-state index contributed by atoms with van der Waals surface area (Å²) in [5, 5.41) is 11.9. The van der Waals surface area contributed by atoms with Gasteiger partial charge in [0.25, 0.3) is 0 Å². The van der Waals surface area contributed by atoms with Crippen LogP contribution in [0, 0.1) is 0 Å². The van der Waals surface area contributed by atoms with Crippen molar-refractivity contribution in [3.8, 4) is 5.75 Å². The first-order valence-corrected chi connectivity index (χ1v) is 5.69. The van der Waals surface area contributed by atoms with Gasteiger partial charge in [0.15, 0.2) is 0 Å². The van der Waals surface area contributed by atoms with Gasteiger partial charge >= 0.3 is 6.18 Å². The second-order valence-corrected chi connectivity index (χ2v) is 4.19. The van der Waals surface area contributed by atoms with Gasteiger partial charge < -0.3 is 15.2 Å². The Hall–Kier alpha value is -1.43. The van der Waals surface area contributed by atoms with E-state index >= 15 is 0 Å². The highest BCUT2D eigenvalue weighted by molar-refractivity contribution is 5.57. The molecule has 2 unspecified atom stereocenters. The predicted octanol–water partition coefficient (Wildman–Crippen LogP) is 2.35. The third-order valence-corrected chi connectivity index (χ3v) is 2.87. The summed E-state index contributed by atoms with van der Waals surface area (Å²) in [5.74, 6) is 0.593. The quantitative estimate of drug-likeness (QED) is 0.858. The molecular weight excluding hydrogens is 247 g/mol. The number of hydrogen-bond acceptors (Lipinski definition) is 3. The van der Waals surface area contributed by atoms with E-state index in [4.69, 9.17) is 4.74 Å². The SMILES string of the molecule is CCOc1ccc2c(c1)CC(O)C(C(F)(F)F)N2. The fourth-order valence-corrected chi connectivity index (χ4v) is 2.04. The zero-order valence-corrected chi connectivity index (χ0v) is 9.79. The molecule has 0 radical (unpaired) electrons. The molecule has 0 amide bonds. The van der Waals surface area contributed by atoms with Crippen LogP contribution < -0.4 is 10.1 Å². The number of rotatable bonds is 2. The summed E-state index contributed by atoms with van der Waals surface area (Å²) in [7, 11) is 0. The Labute approximate surface area is 103 Å². The molecule has 1 heterocycles. The molecule has 2 rings (SSSR count). The molecule has 6 heteroatoms. The Kier molecular flexibility index (Phi) is 3.38. The first-order valence-electron chi connectivity index (χ1n) is 5.69. The fraction of sp³-hybridized carbons (Fsp3) is 0.500. The van der Waals surface area contributed by atoms with Crippen molar-refractivity contribution >= 4 is 5.69 Å². The lowest BCUT2D eigenvalue weighted by atomic mass is 9.95. The number of halogens is 3. The van der Waals surface area contributed by atoms with E-state index in [-0.39, 0.29) is 6.42 Å². The summed E-state index contributed by atoms with van der Waals surface area (Å²) in [6.07, 6.45) is -5.97. The molecule has 1 aliphatic heterocycles. The van der Waals surface area contributed by atoms with Crippen molar-refractivity contribution in [1.29, 1.82) is 0 Å². The van der Waals surface area contributed by atoms with Crippen LogP contribution in [0.25, 0.3) is 0 Å². The molecule has 2 atom stereocenters. The molecule has 3 nitrogen and oxygen atoms in total. The predicted molar refractivity (Wildman–Crippen MR) is 60.8 cm³/mol. The summed E-state index contributed by atoms with van der Waals surface area (Å²) in [6.45, 7) is 2.31. The van der Waals surface area contributed by atoms with Gasteiger partial charge in [-0.15, -0.1) is 0 Å². The number of benzene rings is 1. The molecule has 1 aliphatic rings. The minimum absolute atomic E-state index is 0.0343. The third kappa shape index (κ3) is 2.53. The molecule has 1 aromatic carbocycles. The average molecular weight is 261 g/mol. The molecule has 0 bridgehead atoms. The van der Waals surface area contributed by atoms with Crippen molar-refractivity contribution < 1.29 is 23.0 Å². The molecule has 0 aliphatic carbocycles. The Bertz CT molecular complexity index is 434. The number of alkyl halides is 3. The Morgan fingerprint density at radius 2 is 2.17 bits per heavy atom. The average Bonchev–Trinajstić information content (AvgIpc) is 2.27. The molecule has 1 aromatic rings. The van der Waals surface area contributed by atoms with Crippen molar-refractivity contribution in [3.05, 3.63) is 23.8 Å². The second-order valence-electron chi connectivity index (χ2n) is 4.19. The molecule has 2 N–H and O–H groups in total. The minimum Gasteiger partial charge on any atom is -0.494 e. The van der Waals surface area contributed by atoms with Crippen molar-refractivity contribution in [2.45, 2.75) is 31.7 Å². The van der Waals surface area contributed by atoms with Gasteiger partial charge in [0.2, 0.25) is 0 Å². The maximum absolute atomic E-state index is 12.6. The largest absolute Gasteiger partial charge is 0.494 e. The van der Waals surface area contributed by atoms with Crippen LogP contribution in [-0.4, -0.2) is 30.0 Å². The minimum atomic E-state index is -4.46. The number of hydrogen-bond donors (Lipinski definition) is 2. The van der Waals surface area contributed by atoms with E-state index in [9.17, 15) is 18.3 Å². The Balaban J connectivity index is 2.25. The number of aliphatic hydroxyl groups is 1. The van der Waals surface area contributed by atoms with Crippen LogP contribution in [0.15, 0.2) is 18.2 Å². The van der Waals surface area contributed by atoms with Crippen LogP contribution in [0.2, 0.25) is 0 Å². The Morgan fingerprint density at radius 3 is 2.78 bits per heavy atom. The number of nitrogens with one attached hydrogen (secondary N) is 1. The van der Waals surface area contributed by atoms with E-state index in [1.807, 2.05) is 6.92 Å². The smallest absolute Gasteiger partial charge is 0.411 e. The van der Waals surface area contributed by atoms with Gasteiger partial charge in [0.05, 0.1) is 12.7 Å². The van der Waals surface area contributed by atoms with Crippen LogP contribution in [0.5, 0.6) is 5.75 Å². The number of anilines is 1. The number of fused-ring (bicyclic) bond motifs is 1. The van der Waals surface area contributed by atoms with Crippen LogP contribution >= 0.6 is 0 Å². The molecule has 18 heavy (non-hydrogen) atoms. The van der Waals surface area contributed by atoms with Gasteiger partial charge in [-0.05, 0) is 30.7 Å². The van der Waals surface area contributed by atoms with E-state index in [0.717, 1.165) is 0 Å². The van der Waals surface area contributed by atoms with E-state index in [1.54, 1.807) is 18.2 Å². The number of ether oxygens (including phenoxy) is 1. The maximum Gasteiger partial charge on any atom is 0.411 e. The Morgan fingerprint density at radius 1 is 1.44 bits per heavy atom. The summed E-state index contributed by atoms with van der Waals surface area (Å²) in [6, 6.07) is 2.90. The molecule has 100 valence electrons. The van der Waals surface area contributed by atoms with E-state index in [2.05, 4.69) is 5.32 Å². The van der Waals surface area contributed by atoms with Crippen LogP contribution in [-0.2, 0) is 6.42 Å². The van der Waals surface area contributed by atoms with Crippen molar-refractivity contribution in [3.63, 3.8) is 0 Å². The summed E-state index contributed by atoms with van der Waals surface area (Å²) >= 11 is 0. The topological polar surface area (TPSA) is 41.5 Å². The monoisotopic (exact) mass is 261 g/mol. The van der Waals surface area contributed by atoms with Gasteiger partial charge in [-0.2, -0.15) is 13.2 Å². The first kappa shape index (κ1) is 13.0. The first-order chi connectivity index (χ1) is 8.41. The third-order valence-electron chi connectivity index (χ3n) is 2.87. The molecule has 0 fully saturated rings. The molecular formula is C12H14F3NO2. The van der Waals surface area contributed by atoms with Crippen LogP contribution in [0.1, 0.15) is 12.5 Å². The second kappa shape index (κ2) is 4.68. The molecule has 0 saturated heterocycles. The lowest BCUT2D eigenvalue weighted by Crippen LogP contribution is -2.49. The fourth-order valence-electron chi connectivity index (χ4n) is 2.04. The highest BCUT2D eigenvalue weighted by atomic mass is 19.4. The zero-order valence-electron chi connectivity index (χ0n) is 9.79. The summed E-state index contributed by atoms with van der Waals surface area (Å²) < 4.78 is 43.2. The summed E-state index contributed by atoms with van der Waals surface area (Å²) in [5.41, 5.74) is 1.03. The van der Waals surface area contributed by atoms with Crippen molar-refractivity contribution in [2.24, 2.45) is 0 Å². The molecule has 0 saturated carbocycles. The van der Waals surface area contributed by atoms with Gasteiger partial charge in [-0.3, -0.25) is 0 Å².